The minimum Gasteiger partial charge on any atom is -0.395 e. The molecule has 0 aromatic rings. The van der Waals surface area contributed by atoms with Gasteiger partial charge >= 0.3 is 0 Å². The van der Waals surface area contributed by atoms with Crippen molar-refractivity contribution >= 4 is 21.8 Å². The molecule has 1 heterocycles. The highest BCUT2D eigenvalue weighted by molar-refractivity contribution is 8.00. The molecule has 0 bridgehead atoms. The monoisotopic (exact) mass is 197 g/mol. The van der Waals surface area contributed by atoms with E-state index in [-0.39, 0.29) is 18.4 Å². The van der Waals surface area contributed by atoms with E-state index in [4.69, 9.17) is 5.11 Å². The molecule has 2 N–H and O–H groups in total. The van der Waals surface area contributed by atoms with Gasteiger partial charge in [-0.15, -0.1) is 0 Å². The van der Waals surface area contributed by atoms with Gasteiger partial charge < -0.3 is 5.11 Å². The molecule has 0 aliphatic carbocycles. The Morgan fingerprint density at radius 1 is 1.64 bits per heavy atom. The Balaban J connectivity index is 2.61. The Morgan fingerprint density at radius 3 is 3.00 bits per heavy atom. The minimum absolute atomic E-state index is 0.119. The van der Waals surface area contributed by atoms with Crippen LogP contribution in [0, 0.1) is 0 Å². The summed E-state index contributed by atoms with van der Waals surface area (Å²) < 4.78 is 24.4. The van der Waals surface area contributed by atoms with Crippen LogP contribution in [-0.4, -0.2) is 43.4 Å². The summed E-state index contributed by atoms with van der Waals surface area (Å²) in [5, 5.41) is 8.71. The van der Waals surface area contributed by atoms with Crippen molar-refractivity contribution in [3.8, 4) is 0 Å². The molecule has 0 aromatic carbocycles. The summed E-state index contributed by atoms with van der Waals surface area (Å²) in [5.41, 5.74) is 0. The van der Waals surface area contributed by atoms with Gasteiger partial charge in [0.15, 0.2) is 0 Å². The van der Waals surface area contributed by atoms with Crippen LogP contribution in [0.1, 0.15) is 0 Å². The van der Waals surface area contributed by atoms with Gasteiger partial charge in [0, 0.05) is 11.5 Å². The summed E-state index contributed by atoms with van der Waals surface area (Å²) in [5.74, 6) is 1.44. The average Bonchev–Trinajstić information content (AvgIpc) is 2.10. The minimum atomic E-state index is -3.11. The topological polar surface area (TPSA) is 66.4 Å². The van der Waals surface area contributed by atoms with Gasteiger partial charge in [0.25, 0.3) is 0 Å². The number of rotatable bonds is 1. The van der Waals surface area contributed by atoms with E-state index >= 15 is 0 Å². The Morgan fingerprint density at radius 2 is 2.36 bits per heavy atom. The lowest BCUT2D eigenvalue weighted by Crippen LogP contribution is -2.38. The van der Waals surface area contributed by atoms with Gasteiger partial charge in [-0.2, -0.15) is 11.8 Å². The van der Waals surface area contributed by atoms with Crippen LogP contribution >= 0.6 is 11.8 Å². The second-order valence-electron chi connectivity index (χ2n) is 2.39. The number of sulfonamides is 1. The van der Waals surface area contributed by atoms with Crippen LogP contribution in [0.3, 0.4) is 0 Å². The van der Waals surface area contributed by atoms with Crippen molar-refractivity contribution in [2.24, 2.45) is 0 Å². The summed E-state index contributed by atoms with van der Waals surface area (Å²) in [6.45, 7) is -0.119. The first-order valence-corrected chi connectivity index (χ1v) is 6.13. The molecule has 0 spiro atoms. The van der Waals surface area contributed by atoms with E-state index in [1.54, 1.807) is 11.8 Å². The Bertz CT molecular complexity index is 214. The molecule has 0 unspecified atom stereocenters. The third-order valence-electron chi connectivity index (χ3n) is 1.38. The number of aliphatic hydroxyl groups excluding tert-OH is 1. The molecule has 0 radical (unpaired) electrons. The van der Waals surface area contributed by atoms with E-state index in [9.17, 15) is 8.42 Å². The fourth-order valence-electron chi connectivity index (χ4n) is 0.831. The van der Waals surface area contributed by atoms with Crippen molar-refractivity contribution in [3.05, 3.63) is 0 Å². The fraction of sp³-hybridized carbons (Fsp3) is 1.00. The van der Waals surface area contributed by atoms with E-state index < -0.39 is 10.0 Å². The number of thioether (sulfide) groups is 1. The predicted molar refractivity (Wildman–Crippen MR) is 45.1 cm³/mol. The van der Waals surface area contributed by atoms with Crippen molar-refractivity contribution in [2.45, 2.75) is 6.04 Å². The van der Waals surface area contributed by atoms with Gasteiger partial charge in [-0.3, -0.25) is 0 Å². The van der Waals surface area contributed by atoms with Crippen LogP contribution in [0.2, 0.25) is 0 Å². The Labute approximate surface area is 70.4 Å². The normalized spacial score (nSPS) is 31.2. The second-order valence-corrected chi connectivity index (χ2v) is 5.41. The zero-order valence-corrected chi connectivity index (χ0v) is 7.62. The third-order valence-corrected chi connectivity index (χ3v) is 4.21. The molecule has 66 valence electrons. The van der Waals surface area contributed by atoms with Crippen LogP contribution in [0.25, 0.3) is 0 Å². The molecule has 1 aliphatic rings. The van der Waals surface area contributed by atoms with Crippen LogP contribution in [-0.2, 0) is 10.0 Å². The molecule has 11 heavy (non-hydrogen) atoms. The molecule has 1 atom stereocenters. The summed E-state index contributed by atoms with van der Waals surface area (Å²) in [6.07, 6.45) is 0. The number of nitrogens with one attached hydrogen (secondary N) is 1. The first-order chi connectivity index (χ1) is 5.14. The maximum absolute atomic E-state index is 11.0. The molecule has 1 aliphatic heterocycles. The van der Waals surface area contributed by atoms with Crippen molar-refractivity contribution in [1.29, 1.82) is 0 Å². The molecule has 0 amide bonds. The van der Waals surface area contributed by atoms with Crippen molar-refractivity contribution in [1.82, 2.24) is 4.72 Å². The fourth-order valence-corrected chi connectivity index (χ4v) is 3.71. The van der Waals surface area contributed by atoms with Crippen molar-refractivity contribution in [3.63, 3.8) is 0 Å². The van der Waals surface area contributed by atoms with E-state index in [1.165, 1.54) is 0 Å². The molecule has 4 nitrogen and oxygen atoms in total. The van der Waals surface area contributed by atoms with E-state index in [1.807, 2.05) is 0 Å². The molecular weight excluding hydrogens is 186 g/mol. The number of hydrogen-bond donors (Lipinski definition) is 2. The molecule has 1 saturated heterocycles. The van der Waals surface area contributed by atoms with Gasteiger partial charge in [0.2, 0.25) is 10.0 Å². The predicted octanol–water partition coefficient (Wildman–Crippen LogP) is -0.987. The summed E-state index contributed by atoms with van der Waals surface area (Å²) in [4.78, 5) is 0. The Kier molecular flexibility index (Phi) is 3.17. The Hall–Kier alpha value is 0.220. The number of aliphatic hydroxyl groups is 1. The molecule has 1 fully saturated rings. The van der Waals surface area contributed by atoms with Gasteiger partial charge in [-0.05, 0) is 0 Å². The molecule has 1 rings (SSSR count). The lowest BCUT2D eigenvalue weighted by molar-refractivity contribution is 0.267. The molecule has 0 aromatic heterocycles. The molecule has 0 saturated carbocycles. The van der Waals surface area contributed by atoms with Crippen LogP contribution in [0.5, 0.6) is 0 Å². The first kappa shape index (κ1) is 9.31. The van der Waals surface area contributed by atoms with Crippen molar-refractivity contribution < 1.29 is 13.5 Å². The standard InChI is InChI=1S/C5H11NO3S2/c7-3-5-4-10-1-2-11(8,9)6-5/h5-7H,1-4H2/t5-/m1/s1. The maximum Gasteiger partial charge on any atom is 0.212 e. The summed E-state index contributed by atoms with van der Waals surface area (Å²) in [7, 11) is -3.11. The van der Waals surface area contributed by atoms with E-state index in [0.29, 0.717) is 11.5 Å². The first-order valence-electron chi connectivity index (χ1n) is 3.32. The van der Waals surface area contributed by atoms with Gasteiger partial charge in [-0.25, -0.2) is 13.1 Å². The molecular formula is C5H11NO3S2. The zero-order chi connectivity index (χ0) is 8.32. The summed E-state index contributed by atoms with van der Waals surface area (Å²) in [6, 6.07) is -0.299. The van der Waals surface area contributed by atoms with Crippen molar-refractivity contribution in [2.75, 3.05) is 23.9 Å². The van der Waals surface area contributed by atoms with E-state index in [2.05, 4.69) is 4.72 Å². The van der Waals surface area contributed by atoms with Crippen LogP contribution in [0.15, 0.2) is 0 Å². The smallest absolute Gasteiger partial charge is 0.212 e. The average molecular weight is 197 g/mol. The lowest BCUT2D eigenvalue weighted by atomic mass is 10.4. The summed E-state index contributed by atoms with van der Waals surface area (Å²) >= 11 is 1.55. The second kappa shape index (κ2) is 3.75. The van der Waals surface area contributed by atoms with Gasteiger partial charge in [-0.1, -0.05) is 0 Å². The van der Waals surface area contributed by atoms with Crippen LogP contribution < -0.4 is 4.72 Å². The van der Waals surface area contributed by atoms with Gasteiger partial charge in [0.05, 0.1) is 18.4 Å². The highest BCUT2D eigenvalue weighted by atomic mass is 32.2. The lowest BCUT2D eigenvalue weighted by Gasteiger charge is -2.10. The van der Waals surface area contributed by atoms with Gasteiger partial charge in [0.1, 0.15) is 0 Å². The third kappa shape index (κ3) is 2.98. The number of hydrogen-bond acceptors (Lipinski definition) is 4. The van der Waals surface area contributed by atoms with Crippen LogP contribution in [0.4, 0.5) is 0 Å². The highest BCUT2D eigenvalue weighted by Crippen LogP contribution is 2.09. The zero-order valence-electron chi connectivity index (χ0n) is 5.99. The maximum atomic E-state index is 11.0. The highest BCUT2D eigenvalue weighted by Gasteiger charge is 2.20. The quantitative estimate of drug-likeness (QED) is 0.566. The SMILES string of the molecule is O=S1(=O)CCSC[C@@H](CO)N1. The molecule has 6 heteroatoms. The van der Waals surface area contributed by atoms with E-state index in [0.717, 1.165) is 0 Å². The largest absolute Gasteiger partial charge is 0.395 e.